The molecule has 1 atom stereocenters. The first-order valence-electron chi connectivity index (χ1n) is 8.60. The van der Waals surface area contributed by atoms with Crippen LogP contribution in [-0.2, 0) is 4.79 Å². The molecule has 0 bridgehead atoms. The largest absolute Gasteiger partial charge is 0.497 e. The standard InChI is InChI=1S/C22H22N2O3/c1-26-19-12-6-10-17(14-19)23-21(16-8-4-3-5-9-16)22(25)24-18-11-7-13-20(15-18)27-2/h3-15,21,23H,1-2H3,(H,24,25)/t21-/m1/s1. The Labute approximate surface area is 158 Å². The number of ether oxygens (including phenoxy) is 2. The van der Waals surface area contributed by atoms with Crippen molar-refractivity contribution in [3.63, 3.8) is 0 Å². The van der Waals surface area contributed by atoms with Crippen LogP contribution in [0.5, 0.6) is 11.5 Å². The van der Waals surface area contributed by atoms with E-state index < -0.39 is 6.04 Å². The predicted octanol–water partition coefficient (Wildman–Crippen LogP) is 4.50. The molecule has 0 aromatic heterocycles. The van der Waals surface area contributed by atoms with E-state index in [1.807, 2.05) is 72.8 Å². The maximum absolute atomic E-state index is 13.0. The summed E-state index contributed by atoms with van der Waals surface area (Å²) in [5, 5.41) is 6.25. The second-order valence-electron chi connectivity index (χ2n) is 5.94. The van der Waals surface area contributed by atoms with Crippen LogP contribution in [0, 0.1) is 0 Å². The van der Waals surface area contributed by atoms with Gasteiger partial charge in [-0.05, 0) is 29.8 Å². The van der Waals surface area contributed by atoms with Crippen molar-refractivity contribution in [3.8, 4) is 11.5 Å². The summed E-state index contributed by atoms with van der Waals surface area (Å²) < 4.78 is 10.5. The van der Waals surface area contributed by atoms with Crippen molar-refractivity contribution < 1.29 is 14.3 Å². The van der Waals surface area contributed by atoms with Crippen molar-refractivity contribution in [3.05, 3.63) is 84.4 Å². The van der Waals surface area contributed by atoms with E-state index in [1.165, 1.54) is 0 Å². The van der Waals surface area contributed by atoms with Crippen LogP contribution in [0.15, 0.2) is 78.9 Å². The minimum absolute atomic E-state index is 0.169. The number of hydrogen-bond acceptors (Lipinski definition) is 4. The molecule has 1 amide bonds. The van der Waals surface area contributed by atoms with E-state index in [9.17, 15) is 4.79 Å². The van der Waals surface area contributed by atoms with Crippen LogP contribution in [0.1, 0.15) is 11.6 Å². The molecule has 0 saturated heterocycles. The van der Waals surface area contributed by atoms with Gasteiger partial charge in [-0.2, -0.15) is 0 Å². The van der Waals surface area contributed by atoms with E-state index in [-0.39, 0.29) is 5.91 Å². The molecule has 0 aliphatic carbocycles. The molecule has 5 heteroatoms. The van der Waals surface area contributed by atoms with Gasteiger partial charge in [0.05, 0.1) is 14.2 Å². The lowest BCUT2D eigenvalue weighted by molar-refractivity contribution is -0.117. The fourth-order valence-corrected chi connectivity index (χ4v) is 2.74. The van der Waals surface area contributed by atoms with Crippen LogP contribution in [-0.4, -0.2) is 20.1 Å². The van der Waals surface area contributed by atoms with Crippen molar-refractivity contribution in [2.75, 3.05) is 24.9 Å². The maximum atomic E-state index is 13.0. The Morgan fingerprint density at radius 1 is 0.778 bits per heavy atom. The Bertz CT molecular complexity index is 897. The zero-order valence-corrected chi connectivity index (χ0v) is 15.3. The van der Waals surface area contributed by atoms with Gasteiger partial charge in [-0.3, -0.25) is 4.79 Å². The van der Waals surface area contributed by atoms with Crippen molar-refractivity contribution in [1.29, 1.82) is 0 Å². The molecule has 0 aliphatic rings. The van der Waals surface area contributed by atoms with Crippen LogP contribution in [0.25, 0.3) is 0 Å². The minimum atomic E-state index is -0.565. The normalized spacial score (nSPS) is 11.3. The molecule has 0 saturated carbocycles. The summed E-state index contributed by atoms with van der Waals surface area (Å²) in [6.45, 7) is 0. The fraction of sp³-hybridized carbons (Fsp3) is 0.136. The summed E-state index contributed by atoms with van der Waals surface area (Å²) >= 11 is 0. The first kappa shape index (κ1) is 18.3. The number of amides is 1. The summed E-state index contributed by atoms with van der Waals surface area (Å²) in [5.74, 6) is 1.24. The topological polar surface area (TPSA) is 59.6 Å². The third kappa shape index (κ3) is 4.79. The monoisotopic (exact) mass is 362 g/mol. The highest BCUT2D eigenvalue weighted by molar-refractivity contribution is 5.97. The predicted molar refractivity (Wildman–Crippen MR) is 107 cm³/mol. The van der Waals surface area contributed by atoms with Crippen LogP contribution >= 0.6 is 0 Å². The van der Waals surface area contributed by atoms with Crippen molar-refractivity contribution >= 4 is 17.3 Å². The molecule has 0 radical (unpaired) electrons. The fourth-order valence-electron chi connectivity index (χ4n) is 2.74. The third-order valence-corrected chi connectivity index (χ3v) is 4.11. The van der Waals surface area contributed by atoms with Crippen LogP contribution in [0.4, 0.5) is 11.4 Å². The average Bonchev–Trinajstić information content (AvgIpc) is 2.73. The molecule has 138 valence electrons. The number of nitrogens with one attached hydrogen (secondary N) is 2. The molecule has 0 unspecified atom stereocenters. The smallest absolute Gasteiger partial charge is 0.251 e. The molecule has 5 nitrogen and oxygen atoms in total. The van der Waals surface area contributed by atoms with Gasteiger partial charge in [0.2, 0.25) is 0 Å². The third-order valence-electron chi connectivity index (χ3n) is 4.11. The lowest BCUT2D eigenvalue weighted by Gasteiger charge is -2.20. The Morgan fingerprint density at radius 3 is 2.00 bits per heavy atom. The number of anilines is 2. The lowest BCUT2D eigenvalue weighted by Crippen LogP contribution is -2.27. The van der Waals surface area contributed by atoms with Crippen LogP contribution in [0.3, 0.4) is 0 Å². The Kier molecular flexibility index (Phi) is 5.94. The molecule has 2 N–H and O–H groups in total. The molecule has 0 aliphatic heterocycles. The van der Waals surface area contributed by atoms with Gasteiger partial charge >= 0.3 is 0 Å². The number of benzene rings is 3. The van der Waals surface area contributed by atoms with Gasteiger partial charge in [-0.15, -0.1) is 0 Å². The van der Waals surface area contributed by atoms with E-state index in [4.69, 9.17) is 9.47 Å². The summed E-state index contributed by atoms with van der Waals surface area (Å²) in [7, 11) is 3.21. The quantitative estimate of drug-likeness (QED) is 0.650. The maximum Gasteiger partial charge on any atom is 0.251 e. The zero-order chi connectivity index (χ0) is 19.1. The van der Waals surface area contributed by atoms with Gasteiger partial charge in [0.15, 0.2) is 0 Å². The first-order valence-corrected chi connectivity index (χ1v) is 8.60. The Balaban J connectivity index is 1.86. The second-order valence-corrected chi connectivity index (χ2v) is 5.94. The lowest BCUT2D eigenvalue weighted by atomic mass is 10.1. The highest BCUT2D eigenvalue weighted by Crippen LogP contribution is 2.25. The average molecular weight is 362 g/mol. The van der Waals surface area contributed by atoms with Crippen molar-refractivity contribution in [1.82, 2.24) is 0 Å². The first-order chi connectivity index (χ1) is 13.2. The van der Waals surface area contributed by atoms with Gasteiger partial charge in [-0.25, -0.2) is 0 Å². The van der Waals surface area contributed by atoms with Crippen LogP contribution < -0.4 is 20.1 Å². The number of methoxy groups -OCH3 is 2. The summed E-state index contributed by atoms with van der Waals surface area (Å²) in [4.78, 5) is 13.0. The van der Waals surface area contributed by atoms with E-state index in [2.05, 4.69) is 10.6 Å². The highest BCUT2D eigenvalue weighted by atomic mass is 16.5. The SMILES string of the molecule is COc1cccc(NC(=O)[C@H](Nc2cccc(OC)c2)c2ccccc2)c1. The highest BCUT2D eigenvalue weighted by Gasteiger charge is 2.21. The molecule has 3 aromatic rings. The van der Waals surface area contributed by atoms with Crippen LogP contribution in [0.2, 0.25) is 0 Å². The number of hydrogen-bond donors (Lipinski definition) is 2. The molecule has 0 heterocycles. The van der Waals surface area contributed by atoms with E-state index in [1.54, 1.807) is 20.3 Å². The van der Waals surface area contributed by atoms with Gasteiger partial charge in [0.1, 0.15) is 17.5 Å². The van der Waals surface area contributed by atoms with Gasteiger partial charge in [0, 0.05) is 23.5 Å². The molecule has 0 spiro atoms. The molecule has 3 aromatic carbocycles. The summed E-state index contributed by atoms with van der Waals surface area (Å²) in [6, 6.07) is 23.8. The second kappa shape index (κ2) is 8.76. The molecule has 27 heavy (non-hydrogen) atoms. The summed E-state index contributed by atoms with van der Waals surface area (Å²) in [5.41, 5.74) is 2.33. The van der Waals surface area contributed by atoms with Crippen molar-refractivity contribution in [2.45, 2.75) is 6.04 Å². The zero-order valence-electron chi connectivity index (χ0n) is 15.3. The number of carbonyl (C=O) groups is 1. The summed E-state index contributed by atoms with van der Waals surface area (Å²) in [6.07, 6.45) is 0. The Morgan fingerprint density at radius 2 is 1.37 bits per heavy atom. The van der Waals surface area contributed by atoms with E-state index in [0.717, 1.165) is 17.0 Å². The molecule has 3 rings (SSSR count). The number of carbonyl (C=O) groups excluding carboxylic acids is 1. The van der Waals surface area contributed by atoms with E-state index >= 15 is 0 Å². The van der Waals surface area contributed by atoms with Gasteiger partial charge < -0.3 is 20.1 Å². The number of rotatable bonds is 7. The molecular weight excluding hydrogens is 340 g/mol. The Hall–Kier alpha value is -3.47. The molecular formula is C22H22N2O3. The van der Waals surface area contributed by atoms with E-state index in [0.29, 0.717) is 11.4 Å². The van der Waals surface area contributed by atoms with Gasteiger partial charge in [-0.1, -0.05) is 42.5 Å². The molecule has 0 fully saturated rings. The minimum Gasteiger partial charge on any atom is -0.497 e. The van der Waals surface area contributed by atoms with Crippen molar-refractivity contribution in [2.24, 2.45) is 0 Å². The van der Waals surface area contributed by atoms with Gasteiger partial charge in [0.25, 0.3) is 5.91 Å².